The van der Waals surface area contributed by atoms with Crippen molar-refractivity contribution in [2.75, 3.05) is 18.5 Å². The third-order valence-corrected chi connectivity index (χ3v) is 4.44. The zero-order valence-corrected chi connectivity index (χ0v) is 16.1. The maximum atomic E-state index is 12.8. The molecular formula is C19H19ClN4O4. The highest BCUT2D eigenvalue weighted by atomic mass is 35.5. The van der Waals surface area contributed by atoms with Crippen LogP contribution in [0.1, 0.15) is 24.2 Å². The van der Waals surface area contributed by atoms with Crippen LogP contribution in [0.4, 0.5) is 5.69 Å². The van der Waals surface area contributed by atoms with Gasteiger partial charge in [-0.05, 0) is 38.1 Å². The number of fused-ring (bicyclic) bond motifs is 1. The Labute approximate surface area is 166 Å². The predicted molar refractivity (Wildman–Crippen MR) is 103 cm³/mol. The molecule has 1 aliphatic heterocycles. The number of ether oxygens (including phenoxy) is 3. The van der Waals surface area contributed by atoms with Gasteiger partial charge in [-0.2, -0.15) is 5.10 Å². The van der Waals surface area contributed by atoms with E-state index >= 15 is 0 Å². The molecule has 0 spiro atoms. The summed E-state index contributed by atoms with van der Waals surface area (Å²) in [5.74, 6) is -0.500. The molecule has 1 saturated heterocycles. The Morgan fingerprint density at radius 3 is 3.11 bits per heavy atom. The number of hydrogen-bond donors (Lipinski definition) is 1. The highest BCUT2D eigenvalue weighted by Crippen LogP contribution is 2.30. The molecule has 0 aliphatic carbocycles. The Hall–Kier alpha value is -2.68. The van der Waals surface area contributed by atoms with Gasteiger partial charge in [0.25, 0.3) is 5.91 Å². The molecule has 8 nitrogen and oxygen atoms in total. The first-order valence-corrected chi connectivity index (χ1v) is 9.13. The lowest BCUT2D eigenvalue weighted by Gasteiger charge is -2.18. The molecule has 1 aliphatic rings. The van der Waals surface area contributed by atoms with Crippen LogP contribution in [0.2, 0.25) is 5.02 Å². The van der Waals surface area contributed by atoms with E-state index < -0.39 is 5.79 Å². The van der Waals surface area contributed by atoms with E-state index in [4.69, 9.17) is 25.8 Å². The summed E-state index contributed by atoms with van der Waals surface area (Å²) in [6.45, 7) is 4.43. The SMILES string of the molecule is CC1(C)OCC(COc2ccc(Cl)cc2NC(=O)c2cnn3cccnc23)O1. The number of nitrogens with one attached hydrogen (secondary N) is 1. The van der Waals surface area contributed by atoms with Crippen LogP contribution in [-0.4, -0.2) is 45.6 Å². The Kier molecular flexibility index (Phi) is 4.92. The van der Waals surface area contributed by atoms with Gasteiger partial charge in [-0.1, -0.05) is 11.6 Å². The Bertz CT molecular complexity index is 1020. The number of aromatic nitrogens is 3. The molecule has 1 amide bonds. The second-order valence-electron chi connectivity index (χ2n) is 6.80. The van der Waals surface area contributed by atoms with Gasteiger partial charge in [0.15, 0.2) is 11.4 Å². The molecule has 1 atom stereocenters. The molecule has 1 fully saturated rings. The number of carbonyl (C=O) groups excluding carboxylic acids is 1. The van der Waals surface area contributed by atoms with Gasteiger partial charge in [0, 0.05) is 17.4 Å². The van der Waals surface area contributed by atoms with Crippen molar-refractivity contribution in [3.63, 3.8) is 0 Å². The van der Waals surface area contributed by atoms with Crippen LogP contribution in [0.5, 0.6) is 5.75 Å². The number of carbonyl (C=O) groups is 1. The number of anilines is 1. The summed E-state index contributed by atoms with van der Waals surface area (Å²) in [6, 6.07) is 6.76. The fourth-order valence-electron chi connectivity index (χ4n) is 2.93. The molecule has 3 heterocycles. The van der Waals surface area contributed by atoms with Gasteiger partial charge in [0.2, 0.25) is 0 Å². The molecule has 28 heavy (non-hydrogen) atoms. The number of benzene rings is 1. The topological polar surface area (TPSA) is 87.0 Å². The van der Waals surface area contributed by atoms with E-state index in [1.807, 2.05) is 13.8 Å². The first-order valence-electron chi connectivity index (χ1n) is 8.75. The molecule has 0 radical (unpaired) electrons. The molecule has 0 bridgehead atoms. The van der Waals surface area contributed by atoms with Gasteiger partial charge in [-0.25, -0.2) is 9.50 Å². The van der Waals surface area contributed by atoms with Crippen LogP contribution < -0.4 is 10.1 Å². The molecule has 2 aromatic heterocycles. The molecule has 1 unspecified atom stereocenters. The van der Waals surface area contributed by atoms with Crippen LogP contribution in [0, 0.1) is 0 Å². The number of rotatable bonds is 5. The summed E-state index contributed by atoms with van der Waals surface area (Å²) in [4.78, 5) is 16.9. The smallest absolute Gasteiger partial charge is 0.261 e. The van der Waals surface area contributed by atoms with Gasteiger partial charge < -0.3 is 19.5 Å². The first kappa shape index (κ1) is 18.7. The summed E-state index contributed by atoms with van der Waals surface area (Å²) in [5, 5.41) is 7.43. The van der Waals surface area contributed by atoms with Gasteiger partial charge in [-0.15, -0.1) is 0 Å². The van der Waals surface area contributed by atoms with Crippen molar-refractivity contribution in [2.24, 2.45) is 0 Å². The largest absolute Gasteiger partial charge is 0.489 e. The van der Waals surface area contributed by atoms with E-state index in [-0.39, 0.29) is 18.6 Å². The van der Waals surface area contributed by atoms with Gasteiger partial charge in [0.05, 0.1) is 18.5 Å². The van der Waals surface area contributed by atoms with Crippen LogP contribution in [0.15, 0.2) is 42.9 Å². The van der Waals surface area contributed by atoms with Gasteiger partial charge in [-0.3, -0.25) is 4.79 Å². The fraction of sp³-hybridized carbons (Fsp3) is 0.316. The summed E-state index contributed by atoms with van der Waals surface area (Å²) in [6.07, 6.45) is 4.60. The van der Waals surface area contributed by atoms with Crippen molar-refractivity contribution in [1.82, 2.24) is 14.6 Å². The van der Waals surface area contributed by atoms with Crippen LogP contribution >= 0.6 is 11.6 Å². The predicted octanol–water partition coefficient (Wildman–Crippen LogP) is 3.17. The molecular weight excluding hydrogens is 384 g/mol. The third-order valence-electron chi connectivity index (χ3n) is 4.21. The van der Waals surface area contributed by atoms with E-state index in [1.165, 1.54) is 10.7 Å². The fourth-order valence-corrected chi connectivity index (χ4v) is 3.10. The minimum atomic E-state index is -0.623. The normalized spacial score (nSPS) is 18.3. The summed E-state index contributed by atoms with van der Waals surface area (Å²) in [5.41, 5.74) is 1.26. The van der Waals surface area contributed by atoms with Gasteiger partial charge in [0.1, 0.15) is 24.0 Å². The number of nitrogens with zero attached hydrogens (tertiary/aromatic N) is 3. The second kappa shape index (κ2) is 7.38. The number of hydrogen-bond acceptors (Lipinski definition) is 6. The quantitative estimate of drug-likeness (QED) is 0.705. The monoisotopic (exact) mass is 402 g/mol. The molecule has 1 aromatic carbocycles. The van der Waals surface area contributed by atoms with Crippen molar-refractivity contribution in [3.8, 4) is 5.75 Å². The van der Waals surface area contributed by atoms with Gasteiger partial charge >= 0.3 is 0 Å². The number of halogens is 1. The Morgan fingerprint density at radius 2 is 2.32 bits per heavy atom. The lowest BCUT2D eigenvalue weighted by Crippen LogP contribution is -2.25. The minimum absolute atomic E-state index is 0.196. The molecule has 4 rings (SSSR count). The van der Waals surface area contributed by atoms with Crippen molar-refractivity contribution < 1.29 is 19.0 Å². The van der Waals surface area contributed by atoms with E-state index in [2.05, 4.69) is 15.4 Å². The minimum Gasteiger partial charge on any atom is -0.489 e. The highest BCUT2D eigenvalue weighted by molar-refractivity contribution is 6.31. The van der Waals surface area contributed by atoms with Crippen molar-refractivity contribution in [3.05, 3.63) is 53.4 Å². The van der Waals surface area contributed by atoms with E-state index in [9.17, 15) is 4.79 Å². The standard InChI is InChI=1S/C19H19ClN4O4/c1-19(2)27-11-13(28-19)10-26-16-5-4-12(20)8-15(16)23-18(25)14-9-22-24-7-3-6-21-17(14)24/h3-9,13H,10-11H2,1-2H3,(H,23,25). The maximum absolute atomic E-state index is 12.8. The average molecular weight is 403 g/mol. The summed E-state index contributed by atoms with van der Waals surface area (Å²) >= 11 is 6.10. The number of amides is 1. The molecule has 146 valence electrons. The van der Waals surface area contributed by atoms with E-state index in [0.29, 0.717) is 34.3 Å². The molecule has 1 N–H and O–H groups in total. The van der Waals surface area contributed by atoms with E-state index in [0.717, 1.165) is 0 Å². The summed E-state index contributed by atoms with van der Waals surface area (Å²) < 4.78 is 18.7. The lowest BCUT2D eigenvalue weighted by molar-refractivity contribution is -0.141. The highest BCUT2D eigenvalue weighted by Gasteiger charge is 2.33. The van der Waals surface area contributed by atoms with Crippen LogP contribution in [-0.2, 0) is 9.47 Å². The van der Waals surface area contributed by atoms with Crippen LogP contribution in [0.3, 0.4) is 0 Å². The molecule has 0 saturated carbocycles. The zero-order valence-electron chi connectivity index (χ0n) is 15.4. The summed E-state index contributed by atoms with van der Waals surface area (Å²) in [7, 11) is 0. The molecule has 3 aromatic rings. The average Bonchev–Trinajstić information content (AvgIpc) is 3.24. The Balaban J connectivity index is 1.51. The maximum Gasteiger partial charge on any atom is 0.261 e. The first-order chi connectivity index (χ1) is 13.4. The zero-order chi connectivity index (χ0) is 19.7. The van der Waals surface area contributed by atoms with Crippen molar-refractivity contribution in [2.45, 2.75) is 25.7 Å². The van der Waals surface area contributed by atoms with E-state index in [1.54, 1.807) is 36.7 Å². The second-order valence-corrected chi connectivity index (χ2v) is 7.24. The third kappa shape index (κ3) is 3.94. The lowest BCUT2D eigenvalue weighted by atomic mass is 10.2. The van der Waals surface area contributed by atoms with Crippen molar-refractivity contribution in [1.29, 1.82) is 0 Å². The van der Waals surface area contributed by atoms with Crippen molar-refractivity contribution >= 4 is 28.8 Å². The molecule has 9 heteroatoms. The Morgan fingerprint density at radius 1 is 1.46 bits per heavy atom. The van der Waals surface area contributed by atoms with Crippen LogP contribution in [0.25, 0.3) is 5.65 Å².